The second kappa shape index (κ2) is 10.4. The molecule has 10 aromatic rings. The van der Waals surface area contributed by atoms with Gasteiger partial charge in [0.1, 0.15) is 0 Å². The summed E-state index contributed by atoms with van der Waals surface area (Å²) in [6.45, 7) is 0. The molecule has 2 heteroatoms. The molecular weight excluding hydrogens is 605 g/mol. The fourth-order valence-corrected chi connectivity index (χ4v) is 8.52. The average molecular weight is 635 g/mol. The van der Waals surface area contributed by atoms with Crippen LogP contribution in [0.2, 0.25) is 0 Å². The van der Waals surface area contributed by atoms with E-state index in [2.05, 4.69) is 191 Å². The van der Waals surface area contributed by atoms with Crippen molar-refractivity contribution in [2.24, 2.45) is 0 Å². The van der Waals surface area contributed by atoms with Crippen molar-refractivity contribution in [2.45, 2.75) is 0 Å². The normalized spacial score (nSPS) is 12.0. The summed E-state index contributed by atoms with van der Waals surface area (Å²) in [4.78, 5) is 2.46. The van der Waals surface area contributed by atoms with Crippen LogP contribution in [0.25, 0.3) is 82.1 Å². The lowest BCUT2D eigenvalue weighted by Gasteiger charge is -2.28. The van der Waals surface area contributed by atoms with Crippen LogP contribution in [0.1, 0.15) is 0 Å². The fourth-order valence-electron chi connectivity index (χ4n) is 8.52. The summed E-state index contributed by atoms with van der Waals surface area (Å²) in [7, 11) is 0. The van der Waals surface area contributed by atoms with Gasteiger partial charge in [0.2, 0.25) is 0 Å². The maximum absolute atomic E-state index is 2.46. The van der Waals surface area contributed by atoms with Gasteiger partial charge in [-0.25, -0.2) is 0 Å². The summed E-state index contributed by atoms with van der Waals surface area (Å²) in [5.74, 6) is 0. The maximum Gasteiger partial charge on any atom is 0.0561 e. The van der Waals surface area contributed by atoms with Crippen LogP contribution in [-0.4, -0.2) is 4.57 Å². The first-order valence-corrected chi connectivity index (χ1v) is 17.3. The van der Waals surface area contributed by atoms with E-state index in [9.17, 15) is 0 Å². The third-order valence-corrected chi connectivity index (χ3v) is 10.6. The first-order valence-electron chi connectivity index (χ1n) is 17.3. The van der Waals surface area contributed by atoms with Gasteiger partial charge in [-0.3, -0.25) is 0 Å². The van der Waals surface area contributed by atoms with Crippen molar-refractivity contribution >= 4 is 71.2 Å². The molecule has 9 aromatic carbocycles. The predicted octanol–water partition coefficient (Wildman–Crippen LogP) is 13.4. The van der Waals surface area contributed by atoms with E-state index < -0.39 is 0 Å². The molecular formula is C48H30N2. The Morgan fingerprint density at radius 2 is 1.06 bits per heavy atom. The number of benzene rings is 9. The van der Waals surface area contributed by atoms with E-state index in [1.807, 2.05) is 0 Å². The van der Waals surface area contributed by atoms with Crippen LogP contribution in [0.5, 0.6) is 0 Å². The number of fused-ring (bicyclic) bond motifs is 9. The number of aromatic nitrogens is 1. The van der Waals surface area contributed by atoms with Crippen LogP contribution in [0.15, 0.2) is 182 Å². The van der Waals surface area contributed by atoms with Crippen LogP contribution in [0, 0.1) is 0 Å². The molecule has 0 saturated carbocycles. The first-order chi connectivity index (χ1) is 24.8. The summed E-state index contributed by atoms with van der Waals surface area (Å²) in [5.41, 5.74) is 12.2. The second-order valence-electron chi connectivity index (χ2n) is 13.3. The minimum Gasteiger partial charge on any atom is -0.310 e. The van der Waals surface area contributed by atoms with E-state index in [1.165, 1.54) is 82.1 Å². The second-order valence-corrected chi connectivity index (χ2v) is 13.3. The lowest BCUT2D eigenvalue weighted by Crippen LogP contribution is -2.11. The molecule has 11 rings (SSSR count). The van der Waals surface area contributed by atoms with Gasteiger partial charge >= 0.3 is 0 Å². The topological polar surface area (TPSA) is 8.17 Å². The first kappa shape index (κ1) is 27.3. The molecule has 1 heterocycles. The molecule has 0 bridgehead atoms. The molecule has 50 heavy (non-hydrogen) atoms. The molecule has 0 saturated heterocycles. The van der Waals surface area contributed by atoms with Crippen molar-refractivity contribution in [3.05, 3.63) is 182 Å². The van der Waals surface area contributed by atoms with Crippen molar-refractivity contribution < 1.29 is 0 Å². The standard InChI is InChI=1S/C48H30N2/c1-2-16-35(17-3-1)49(44-23-11-21-42-41-20-10-15-34-28-33-14-6-7-18-38(33)48(46(34)41)47(42)44)37-26-27-40-39-19-8-9-22-43(39)50(45(40)30-37)36-25-24-31-12-4-5-13-32(31)29-36/h1-30H. The zero-order chi connectivity index (χ0) is 32.8. The van der Waals surface area contributed by atoms with Gasteiger partial charge in [0.15, 0.2) is 0 Å². The molecule has 0 spiro atoms. The summed E-state index contributed by atoms with van der Waals surface area (Å²) < 4.78 is 2.43. The number of rotatable bonds is 4. The molecule has 0 aliphatic heterocycles. The van der Waals surface area contributed by atoms with E-state index in [0.717, 1.165) is 17.1 Å². The number of anilines is 3. The Bertz CT molecular complexity index is 2990. The molecule has 0 amide bonds. The van der Waals surface area contributed by atoms with E-state index in [0.29, 0.717) is 0 Å². The summed E-state index contributed by atoms with van der Waals surface area (Å²) in [6, 6.07) is 66.8. The van der Waals surface area contributed by atoms with Crippen LogP contribution < -0.4 is 4.90 Å². The summed E-state index contributed by atoms with van der Waals surface area (Å²) in [5, 5.41) is 10.2. The van der Waals surface area contributed by atoms with E-state index >= 15 is 0 Å². The minimum absolute atomic E-state index is 1.12. The largest absolute Gasteiger partial charge is 0.310 e. The molecule has 232 valence electrons. The highest BCUT2D eigenvalue weighted by Gasteiger charge is 2.29. The highest BCUT2D eigenvalue weighted by molar-refractivity contribution is 6.26. The van der Waals surface area contributed by atoms with Gasteiger partial charge in [0.25, 0.3) is 0 Å². The van der Waals surface area contributed by atoms with Crippen molar-refractivity contribution in [2.75, 3.05) is 4.90 Å². The Morgan fingerprint density at radius 3 is 1.96 bits per heavy atom. The molecule has 0 radical (unpaired) electrons. The number of hydrogen-bond acceptors (Lipinski definition) is 1. The van der Waals surface area contributed by atoms with Crippen LogP contribution in [0.3, 0.4) is 0 Å². The monoisotopic (exact) mass is 634 g/mol. The number of para-hydroxylation sites is 2. The van der Waals surface area contributed by atoms with Crippen LogP contribution >= 0.6 is 0 Å². The van der Waals surface area contributed by atoms with Gasteiger partial charge in [0.05, 0.1) is 16.7 Å². The molecule has 2 nitrogen and oxygen atoms in total. The molecule has 0 fully saturated rings. The van der Waals surface area contributed by atoms with Gasteiger partial charge in [-0.1, -0.05) is 127 Å². The fraction of sp³-hybridized carbons (Fsp3) is 0. The molecule has 1 aromatic heterocycles. The number of nitrogens with zero attached hydrogens (tertiary/aromatic N) is 2. The Balaban J connectivity index is 1.21. The predicted molar refractivity (Wildman–Crippen MR) is 212 cm³/mol. The van der Waals surface area contributed by atoms with E-state index in [1.54, 1.807) is 0 Å². The van der Waals surface area contributed by atoms with Gasteiger partial charge in [0, 0.05) is 39.0 Å². The van der Waals surface area contributed by atoms with Crippen LogP contribution in [0.4, 0.5) is 17.1 Å². The molecule has 0 N–H and O–H groups in total. The minimum atomic E-state index is 1.12. The highest BCUT2D eigenvalue weighted by atomic mass is 15.1. The number of hydrogen-bond donors (Lipinski definition) is 0. The Hall–Kier alpha value is -6.64. The van der Waals surface area contributed by atoms with Crippen molar-refractivity contribution in [3.63, 3.8) is 0 Å². The van der Waals surface area contributed by atoms with Crippen molar-refractivity contribution in [1.29, 1.82) is 0 Å². The van der Waals surface area contributed by atoms with Gasteiger partial charge in [-0.15, -0.1) is 0 Å². The molecule has 0 atom stereocenters. The quantitative estimate of drug-likeness (QED) is 0.175. The smallest absolute Gasteiger partial charge is 0.0561 e. The zero-order valence-corrected chi connectivity index (χ0v) is 27.2. The zero-order valence-electron chi connectivity index (χ0n) is 27.2. The van der Waals surface area contributed by atoms with Crippen molar-refractivity contribution in [1.82, 2.24) is 4.57 Å². The lowest BCUT2D eigenvalue weighted by molar-refractivity contribution is 1.18. The third kappa shape index (κ3) is 3.85. The lowest BCUT2D eigenvalue weighted by atomic mass is 9.94. The summed E-state index contributed by atoms with van der Waals surface area (Å²) >= 11 is 0. The summed E-state index contributed by atoms with van der Waals surface area (Å²) in [6.07, 6.45) is 0. The van der Waals surface area contributed by atoms with Gasteiger partial charge in [-0.05, 0) is 98.0 Å². The molecule has 1 aliphatic carbocycles. The molecule has 1 aliphatic rings. The van der Waals surface area contributed by atoms with Gasteiger partial charge in [-0.2, -0.15) is 0 Å². The Labute approximate surface area is 289 Å². The third-order valence-electron chi connectivity index (χ3n) is 10.6. The average Bonchev–Trinajstić information content (AvgIpc) is 3.70. The van der Waals surface area contributed by atoms with E-state index in [-0.39, 0.29) is 0 Å². The van der Waals surface area contributed by atoms with Gasteiger partial charge < -0.3 is 9.47 Å². The Morgan fingerprint density at radius 1 is 0.360 bits per heavy atom. The highest BCUT2D eigenvalue weighted by Crippen LogP contribution is 2.55. The van der Waals surface area contributed by atoms with Crippen molar-refractivity contribution in [3.8, 4) is 27.9 Å². The Kier molecular flexibility index (Phi) is 5.70. The maximum atomic E-state index is 2.46. The van der Waals surface area contributed by atoms with Crippen LogP contribution in [-0.2, 0) is 0 Å². The molecule has 0 unspecified atom stereocenters. The van der Waals surface area contributed by atoms with E-state index in [4.69, 9.17) is 0 Å². The SMILES string of the molecule is c1ccc(N(c2ccc3c4ccccc4n(-c4ccc5ccccc5c4)c3c2)c2cccc3c2-c2c4ccccc4cc4cccc-3c24)cc1.